The SMILES string of the molecule is COc1cc(/C=N\Nc2cc(N(C)C)nc(N(C)C)n2)cc(Cl)c1OCCOc1cc(C)ccc1C(C)C. The Bertz CT molecular complexity index is 1240. The molecule has 1 heterocycles. The van der Waals surface area contributed by atoms with Gasteiger partial charge in [0, 0.05) is 34.3 Å². The Hall–Kier alpha value is -3.72. The minimum atomic E-state index is 0.312. The zero-order chi connectivity index (χ0) is 27.8. The molecular formula is C28H37ClN6O3. The van der Waals surface area contributed by atoms with Crippen LogP contribution in [0.3, 0.4) is 0 Å². The van der Waals surface area contributed by atoms with Crippen LogP contribution in [0.2, 0.25) is 5.02 Å². The molecular weight excluding hydrogens is 504 g/mol. The summed E-state index contributed by atoms with van der Waals surface area (Å²) in [5.74, 6) is 4.11. The lowest BCUT2D eigenvalue weighted by molar-refractivity contribution is 0.210. The zero-order valence-corrected chi connectivity index (χ0v) is 24.1. The van der Waals surface area contributed by atoms with Gasteiger partial charge in [0.05, 0.1) is 18.3 Å². The van der Waals surface area contributed by atoms with Gasteiger partial charge >= 0.3 is 0 Å². The Morgan fingerprint density at radius 3 is 2.37 bits per heavy atom. The summed E-state index contributed by atoms with van der Waals surface area (Å²) in [5.41, 5.74) is 6.02. The molecule has 0 fully saturated rings. The summed E-state index contributed by atoms with van der Waals surface area (Å²) in [7, 11) is 9.19. The number of benzene rings is 2. The van der Waals surface area contributed by atoms with E-state index < -0.39 is 0 Å². The molecule has 2 aromatic carbocycles. The van der Waals surface area contributed by atoms with E-state index in [1.165, 1.54) is 5.56 Å². The number of aryl methyl sites for hydroxylation is 1. The van der Waals surface area contributed by atoms with Crippen molar-refractivity contribution in [2.75, 3.05) is 63.7 Å². The van der Waals surface area contributed by atoms with Crippen molar-refractivity contribution >= 4 is 35.4 Å². The Kier molecular flexibility index (Phi) is 10.0. The standard InChI is InChI=1S/C28H37ClN6O3/c1-18(2)21-10-9-19(3)13-23(21)37-11-12-38-27-22(29)14-20(15-24(27)36-8)17-30-33-25-16-26(34(4)5)32-28(31-25)35(6)7/h9-10,13-18H,11-12H2,1-8H3,(H,31,32,33)/b30-17-. The van der Waals surface area contributed by atoms with E-state index in [1.807, 2.05) is 51.0 Å². The van der Waals surface area contributed by atoms with Crippen molar-refractivity contribution in [3.05, 3.63) is 58.1 Å². The summed E-state index contributed by atoms with van der Waals surface area (Å²) < 4.78 is 17.5. The Morgan fingerprint density at radius 1 is 0.974 bits per heavy atom. The van der Waals surface area contributed by atoms with E-state index in [0.29, 0.717) is 47.4 Å². The van der Waals surface area contributed by atoms with Gasteiger partial charge in [-0.3, -0.25) is 5.43 Å². The second kappa shape index (κ2) is 13.2. The monoisotopic (exact) mass is 540 g/mol. The lowest BCUT2D eigenvalue weighted by Crippen LogP contribution is -2.17. The Morgan fingerprint density at radius 2 is 1.71 bits per heavy atom. The largest absolute Gasteiger partial charge is 0.493 e. The number of aromatic nitrogens is 2. The first-order valence-corrected chi connectivity index (χ1v) is 12.7. The number of anilines is 3. The molecule has 0 saturated heterocycles. The van der Waals surface area contributed by atoms with Crippen LogP contribution in [-0.2, 0) is 0 Å². The van der Waals surface area contributed by atoms with Crippen LogP contribution >= 0.6 is 11.6 Å². The molecule has 1 aromatic heterocycles. The van der Waals surface area contributed by atoms with Crippen molar-refractivity contribution in [1.29, 1.82) is 0 Å². The fraction of sp³-hybridized carbons (Fsp3) is 0.393. The molecule has 0 bridgehead atoms. The number of hydrogen-bond acceptors (Lipinski definition) is 9. The van der Waals surface area contributed by atoms with E-state index in [0.717, 1.165) is 22.7 Å². The first-order valence-electron chi connectivity index (χ1n) is 12.4. The minimum Gasteiger partial charge on any atom is -0.493 e. The van der Waals surface area contributed by atoms with Crippen LogP contribution in [0, 0.1) is 6.92 Å². The van der Waals surface area contributed by atoms with Crippen LogP contribution in [0.1, 0.15) is 36.5 Å². The van der Waals surface area contributed by atoms with Gasteiger partial charge in [-0.05, 0) is 47.7 Å². The van der Waals surface area contributed by atoms with Gasteiger partial charge in [-0.2, -0.15) is 15.1 Å². The van der Waals surface area contributed by atoms with Crippen molar-refractivity contribution in [2.24, 2.45) is 5.10 Å². The second-order valence-corrected chi connectivity index (χ2v) is 9.90. The van der Waals surface area contributed by atoms with Crippen molar-refractivity contribution in [3.8, 4) is 17.2 Å². The predicted molar refractivity (Wildman–Crippen MR) is 156 cm³/mol. The van der Waals surface area contributed by atoms with E-state index in [-0.39, 0.29) is 0 Å². The third-order valence-electron chi connectivity index (χ3n) is 5.58. The summed E-state index contributed by atoms with van der Waals surface area (Å²) in [6, 6.07) is 11.6. The molecule has 0 saturated carbocycles. The average Bonchev–Trinajstić information content (AvgIpc) is 2.86. The fourth-order valence-corrected chi connectivity index (χ4v) is 3.85. The Labute approximate surface area is 230 Å². The third kappa shape index (κ3) is 7.64. The quantitative estimate of drug-likeness (QED) is 0.180. The zero-order valence-electron chi connectivity index (χ0n) is 23.4. The van der Waals surface area contributed by atoms with Crippen LogP contribution < -0.4 is 29.4 Å². The molecule has 3 rings (SSSR count). The summed E-state index contributed by atoms with van der Waals surface area (Å²) in [6.07, 6.45) is 1.64. The summed E-state index contributed by atoms with van der Waals surface area (Å²) >= 11 is 6.54. The molecule has 0 spiro atoms. The van der Waals surface area contributed by atoms with Crippen molar-refractivity contribution < 1.29 is 14.2 Å². The normalized spacial score (nSPS) is 11.1. The maximum Gasteiger partial charge on any atom is 0.228 e. The van der Waals surface area contributed by atoms with Gasteiger partial charge < -0.3 is 24.0 Å². The van der Waals surface area contributed by atoms with Gasteiger partial charge in [-0.15, -0.1) is 0 Å². The first kappa shape index (κ1) is 28.8. The minimum absolute atomic E-state index is 0.312. The summed E-state index contributed by atoms with van der Waals surface area (Å²) in [6.45, 7) is 7.03. The molecule has 1 N–H and O–H groups in total. The number of hydrogen-bond donors (Lipinski definition) is 1. The smallest absolute Gasteiger partial charge is 0.228 e. The van der Waals surface area contributed by atoms with Crippen molar-refractivity contribution in [3.63, 3.8) is 0 Å². The van der Waals surface area contributed by atoms with Crippen LogP contribution in [-0.4, -0.2) is 64.7 Å². The molecule has 0 aliphatic carbocycles. The van der Waals surface area contributed by atoms with E-state index in [1.54, 1.807) is 25.5 Å². The third-order valence-corrected chi connectivity index (χ3v) is 5.86. The molecule has 3 aromatic rings. The lowest BCUT2D eigenvalue weighted by Gasteiger charge is -2.17. The highest BCUT2D eigenvalue weighted by Gasteiger charge is 2.13. The first-order chi connectivity index (χ1) is 18.1. The molecule has 0 atom stereocenters. The number of nitrogens with one attached hydrogen (secondary N) is 1. The summed E-state index contributed by atoms with van der Waals surface area (Å²) in [4.78, 5) is 12.7. The molecule has 0 radical (unpaired) electrons. The number of hydrazone groups is 1. The molecule has 38 heavy (non-hydrogen) atoms. The molecule has 0 aliphatic heterocycles. The molecule has 0 amide bonds. The molecule has 0 aliphatic rings. The van der Waals surface area contributed by atoms with Gasteiger partial charge in [0.15, 0.2) is 17.3 Å². The van der Waals surface area contributed by atoms with E-state index in [9.17, 15) is 0 Å². The lowest BCUT2D eigenvalue weighted by atomic mass is 10.0. The second-order valence-electron chi connectivity index (χ2n) is 9.50. The predicted octanol–water partition coefficient (Wildman–Crippen LogP) is 5.61. The molecule has 10 heteroatoms. The number of methoxy groups -OCH3 is 1. The fourth-order valence-electron chi connectivity index (χ4n) is 3.57. The number of nitrogens with zero attached hydrogens (tertiary/aromatic N) is 5. The van der Waals surface area contributed by atoms with Gasteiger partial charge in [-0.1, -0.05) is 37.6 Å². The highest BCUT2D eigenvalue weighted by Crippen LogP contribution is 2.36. The molecule has 9 nitrogen and oxygen atoms in total. The van der Waals surface area contributed by atoms with Gasteiger partial charge in [-0.25, -0.2) is 0 Å². The van der Waals surface area contributed by atoms with Gasteiger partial charge in [0.25, 0.3) is 0 Å². The number of rotatable bonds is 12. The topological polar surface area (TPSA) is 84.3 Å². The van der Waals surface area contributed by atoms with E-state index >= 15 is 0 Å². The number of ether oxygens (including phenoxy) is 3. The number of halogens is 1. The van der Waals surface area contributed by atoms with Crippen LogP contribution in [0.15, 0.2) is 41.5 Å². The molecule has 0 unspecified atom stereocenters. The van der Waals surface area contributed by atoms with E-state index in [2.05, 4.69) is 52.5 Å². The van der Waals surface area contributed by atoms with Gasteiger partial charge in [0.1, 0.15) is 24.8 Å². The van der Waals surface area contributed by atoms with Gasteiger partial charge in [0.2, 0.25) is 5.95 Å². The highest BCUT2D eigenvalue weighted by molar-refractivity contribution is 6.32. The van der Waals surface area contributed by atoms with Crippen molar-refractivity contribution in [1.82, 2.24) is 9.97 Å². The van der Waals surface area contributed by atoms with Crippen LogP contribution in [0.5, 0.6) is 17.2 Å². The average molecular weight is 541 g/mol. The highest BCUT2D eigenvalue weighted by atomic mass is 35.5. The van der Waals surface area contributed by atoms with Crippen LogP contribution in [0.4, 0.5) is 17.6 Å². The maximum atomic E-state index is 6.54. The van der Waals surface area contributed by atoms with Crippen molar-refractivity contribution in [2.45, 2.75) is 26.7 Å². The van der Waals surface area contributed by atoms with Crippen LogP contribution in [0.25, 0.3) is 0 Å². The Balaban J connectivity index is 1.66. The molecule has 204 valence electrons. The maximum absolute atomic E-state index is 6.54. The van der Waals surface area contributed by atoms with E-state index in [4.69, 9.17) is 25.8 Å². The summed E-state index contributed by atoms with van der Waals surface area (Å²) in [5, 5.41) is 4.73.